The summed E-state index contributed by atoms with van der Waals surface area (Å²) in [4.78, 5) is 11.5. The lowest BCUT2D eigenvalue weighted by molar-refractivity contribution is 0.0206. The van der Waals surface area contributed by atoms with Gasteiger partial charge in [-0.2, -0.15) is 0 Å². The Morgan fingerprint density at radius 1 is 1.39 bits per heavy atom. The third kappa shape index (κ3) is 3.23. The molecule has 0 N–H and O–H groups in total. The normalized spacial score (nSPS) is 18.3. The highest BCUT2D eigenvalue weighted by Crippen LogP contribution is 2.39. The smallest absolute Gasteiger partial charge is 0.428 e. The number of benzene rings is 1. The Morgan fingerprint density at radius 3 is 2.78 bits per heavy atom. The summed E-state index contributed by atoms with van der Waals surface area (Å²) < 4.78 is 10.3. The molecular formula is C14H19O3P. The number of carbonyl (C=O) groups excluding carboxylic acids is 1. The maximum absolute atomic E-state index is 11.5. The van der Waals surface area contributed by atoms with E-state index in [4.69, 9.17) is 9.47 Å². The van der Waals surface area contributed by atoms with Gasteiger partial charge in [0, 0.05) is 0 Å². The topological polar surface area (TPSA) is 35.5 Å². The number of hydrogen-bond acceptors (Lipinski definition) is 3. The summed E-state index contributed by atoms with van der Waals surface area (Å²) in [5.74, 6) is 0.558. The lowest BCUT2D eigenvalue weighted by atomic mass is 10.1. The molecule has 1 aromatic rings. The van der Waals surface area contributed by atoms with Gasteiger partial charge in [0.1, 0.15) is 11.4 Å². The van der Waals surface area contributed by atoms with Crippen LogP contribution in [0.3, 0.4) is 0 Å². The van der Waals surface area contributed by atoms with Crippen LogP contribution in [-0.2, 0) is 11.2 Å². The summed E-state index contributed by atoms with van der Waals surface area (Å²) in [6.45, 7) is 5.45. The van der Waals surface area contributed by atoms with E-state index in [0.29, 0.717) is 11.4 Å². The van der Waals surface area contributed by atoms with E-state index in [0.717, 1.165) is 12.8 Å². The molecule has 2 unspecified atom stereocenters. The molecule has 4 heteroatoms. The zero-order valence-corrected chi connectivity index (χ0v) is 12.2. The number of rotatable bonds is 1. The van der Waals surface area contributed by atoms with Gasteiger partial charge in [0.25, 0.3) is 0 Å². The van der Waals surface area contributed by atoms with Crippen LogP contribution in [0.2, 0.25) is 0 Å². The van der Waals surface area contributed by atoms with Gasteiger partial charge in [-0.15, -0.1) is 9.24 Å². The highest BCUT2D eigenvalue weighted by Gasteiger charge is 2.21. The monoisotopic (exact) mass is 266 g/mol. The molecule has 0 aromatic heterocycles. The molecule has 0 bridgehead atoms. The average molecular weight is 266 g/mol. The fourth-order valence-corrected chi connectivity index (χ4v) is 2.55. The molecule has 1 aliphatic rings. The van der Waals surface area contributed by atoms with Crippen molar-refractivity contribution in [1.29, 1.82) is 0 Å². The molecule has 0 spiro atoms. The summed E-state index contributed by atoms with van der Waals surface area (Å²) in [5, 5.41) is 0. The standard InChI is InChI=1S/C14H19O3P/c1-14(2,3)17-13(15)16-10-5-6-11-9(8-10)4-7-12(11)18/h5-6,8,12H,4,7,18H2,1-3H3. The molecule has 0 heterocycles. The van der Waals surface area contributed by atoms with Crippen molar-refractivity contribution < 1.29 is 14.3 Å². The van der Waals surface area contributed by atoms with Gasteiger partial charge in [-0.3, -0.25) is 0 Å². The molecule has 2 rings (SSSR count). The lowest BCUT2D eigenvalue weighted by Crippen LogP contribution is -2.26. The van der Waals surface area contributed by atoms with Crippen LogP contribution in [0, 0.1) is 0 Å². The first-order valence-electron chi connectivity index (χ1n) is 6.14. The molecule has 0 saturated heterocycles. The predicted octanol–water partition coefficient (Wildman–Crippen LogP) is 3.86. The van der Waals surface area contributed by atoms with Crippen LogP contribution in [0.25, 0.3) is 0 Å². The van der Waals surface area contributed by atoms with E-state index in [1.165, 1.54) is 11.1 Å². The molecule has 0 saturated carbocycles. The minimum atomic E-state index is -0.650. The minimum Gasteiger partial charge on any atom is -0.428 e. The van der Waals surface area contributed by atoms with Crippen LogP contribution >= 0.6 is 9.24 Å². The summed E-state index contributed by atoms with van der Waals surface area (Å²) >= 11 is 0. The van der Waals surface area contributed by atoms with Crippen LogP contribution in [-0.4, -0.2) is 11.8 Å². The SMILES string of the molecule is CC(C)(C)OC(=O)Oc1ccc2c(c1)CCC2P. The van der Waals surface area contributed by atoms with Crippen molar-refractivity contribution in [2.45, 2.75) is 44.9 Å². The van der Waals surface area contributed by atoms with E-state index < -0.39 is 11.8 Å². The summed E-state index contributed by atoms with van der Waals surface area (Å²) in [5.41, 5.74) is 2.59. The van der Waals surface area contributed by atoms with Crippen LogP contribution in [0.5, 0.6) is 5.75 Å². The molecule has 0 aliphatic heterocycles. The van der Waals surface area contributed by atoms with Gasteiger partial charge in [0.2, 0.25) is 0 Å². The van der Waals surface area contributed by atoms with Crippen molar-refractivity contribution in [3.05, 3.63) is 29.3 Å². The highest BCUT2D eigenvalue weighted by molar-refractivity contribution is 7.17. The Labute approximate surface area is 110 Å². The van der Waals surface area contributed by atoms with Gasteiger partial charge in [0.15, 0.2) is 0 Å². The van der Waals surface area contributed by atoms with E-state index in [2.05, 4.69) is 9.24 Å². The number of hydrogen-bond donors (Lipinski definition) is 0. The molecule has 2 atom stereocenters. The summed E-state index contributed by atoms with van der Waals surface area (Å²) in [7, 11) is 2.84. The summed E-state index contributed by atoms with van der Waals surface area (Å²) in [6.07, 6.45) is 1.52. The number of aryl methyl sites for hydroxylation is 1. The van der Waals surface area contributed by atoms with Crippen LogP contribution < -0.4 is 4.74 Å². The molecular weight excluding hydrogens is 247 g/mol. The molecule has 0 radical (unpaired) electrons. The minimum absolute atomic E-state index is 0.524. The second kappa shape index (κ2) is 4.89. The Morgan fingerprint density at radius 2 is 2.11 bits per heavy atom. The van der Waals surface area contributed by atoms with Gasteiger partial charge < -0.3 is 9.47 Å². The van der Waals surface area contributed by atoms with Crippen molar-refractivity contribution in [2.75, 3.05) is 0 Å². The number of fused-ring (bicyclic) bond motifs is 1. The lowest BCUT2D eigenvalue weighted by Gasteiger charge is -2.18. The van der Waals surface area contributed by atoms with E-state index in [1.807, 2.05) is 39.0 Å². The van der Waals surface area contributed by atoms with Gasteiger partial charge in [-0.1, -0.05) is 6.07 Å². The fraction of sp³-hybridized carbons (Fsp3) is 0.500. The molecule has 98 valence electrons. The van der Waals surface area contributed by atoms with Gasteiger partial charge in [-0.05, 0) is 62.5 Å². The van der Waals surface area contributed by atoms with E-state index >= 15 is 0 Å². The first-order valence-corrected chi connectivity index (χ1v) is 6.81. The second-order valence-electron chi connectivity index (χ2n) is 5.57. The molecule has 0 amide bonds. The van der Waals surface area contributed by atoms with E-state index in [-0.39, 0.29) is 0 Å². The first kappa shape index (κ1) is 13.4. The number of carbonyl (C=O) groups is 1. The first-order chi connectivity index (χ1) is 8.35. The molecule has 3 nitrogen and oxygen atoms in total. The van der Waals surface area contributed by atoms with Gasteiger partial charge >= 0.3 is 6.16 Å². The Bertz CT molecular complexity index is 463. The molecule has 1 aromatic carbocycles. The molecule has 1 aliphatic carbocycles. The zero-order valence-electron chi connectivity index (χ0n) is 11.0. The van der Waals surface area contributed by atoms with Crippen molar-refractivity contribution in [1.82, 2.24) is 0 Å². The van der Waals surface area contributed by atoms with Crippen LogP contribution in [0.15, 0.2) is 18.2 Å². The predicted molar refractivity (Wildman–Crippen MR) is 74.1 cm³/mol. The highest BCUT2D eigenvalue weighted by atomic mass is 31.0. The van der Waals surface area contributed by atoms with Crippen LogP contribution in [0.1, 0.15) is 44.0 Å². The van der Waals surface area contributed by atoms with E-state index in [9.17, 15) is 4.79 Å². The third-order valence-corrected chi connectivity index (χ3v) is 3.52. The zero-order chi connectivity index (χ0) is 13.3. The van der Waals surface area contributed by atoms with Gasteiger partial charge in [-0.25, -0.2) is 4.79 Å². The second-order valence-corrected chi connectivity index (χ2v) is 6.38. The Balaban J connectivity index is 2.05. The maximum atomic E-state index is 11.5. The Hall–Kier alpha value is -1.08. The largest absolute Gasteiger partial charge is 0.514 e. The number of ether oxygens (including phenoxy) is 2. The Kier molecular flexibility index (Phi) is 3.63. The fourth-order valence-electron chi connectivity index (χ4n) is 2.06. The summed E-state index contributed by atoms with van der Waals surface area (Å²) in [6, 6.07) is 5.79. The maximum Gasteiger partial charge on any atom is 0.514 e. The molecule has 0 fully saturated rings. The third-order valence-electron chi connectivity index (χ3n) is 2.83. The van der Waals surface area contributed by atoms with Gasteiger partial charge in [0.05, 0.1) is 0 Å². The average Bonchev–Trinajstić information content (AvgIpc) is 2.57. The quantitative estimate of drug-likeness (QED) is 0.440. The van der Waals surface area contributed by atoms with Crippen molar-refractivity contribution in [3.63, 3.8) is 0 Å². The van der Waals surface area contributed by atoms with Crippen LogP contribution in [0.4, 0.5) is 4.79 Å². The van der Waals surface area contributed by atoms with Crippen molar-refractivity contribution >= 4 is 15.4 Å². The van der Waals surface area contributed by atoms with E-state index in [1.54, 1.807) is 0 Å². The van der Waals surface area contributed by atoms with Crippen molar-refractivity contribution in [2.24, 2.45) is 0 Å². The molecule has 18 heavy (non-hydrogen) atoms. The van der Waals surface area contributed by atoms with Crippen molar-refractivity contribution in [3.8, 4) is 5.75 Å².